The maximum atomic E-state index is 11.4. The largest absolute Gasteiger partial charge is 0.478 e. The second-order valence-electron chi connectivity index (χ2n) is 5.66. The van der Waals surface area contributed by atoms with Crippen molar-refractivity contribution in [1.29, 1.82) is 0 Å². The minimum Gasteiger partial charge on any atom is -0.478 e. The molecule has 2 aromatic heterocycles. The van der Waals surface area contributed by atoms with Gasteiger partial charge < -0.3 is 14.8 Å². The highest BCUT2D eigenvalue weighted by atomic mass is 16.4. The summed E-state index contributed by atoms with van der Waals surface area (Å²) in [6, 6.07) is 9.24. The highest BCUT2D eigenvalue weighted by molar-refractivity contribution is 5.90. The molecule has 0 saturated heterocycles. The molecule has 5 heteroatoms. The van der Waals surface area contributed by atoms with E-state index in [-0.39, 0.29) is 0 Å². The number of rotatable bonds is 4. The zero-order chi connectivity index (χ0) is 16.6. The minimum atomic E-state index is -0.906. The predicted molar refractivity (Wildman–Crippen MR) is 90.1 cm³/mol. The summed E-state index contributed by atoms with van der Waals surface area (Å²) in [5, 5.41) is 12.7. The Bertz CT molecular complexity index is 897. The molecule has 0 unspecified atom stereocenters. The normalized spacial score (nSPS) is 10.9. The van der Waals surface area contributed by atoms with Crippen LogP contribution in [0, 0.1) is 20.8 Å². The maximum absolute atomic E-state index is 11.4. The Kier molecular flexibility index (Phi) is 3.78. The summed E-state index contributed by atoms with van der Waals surface area (Å²) >= 11 is 0. The van der Waals surface area contributed by atoms with Crippen LogP contribution in [0.5, 0.6) is 0 Å². The highest BCUT2D eigenvalue weighted by Gasteiger charge is 2.13. The summed E-state index contributed by atoms with van der Waals surface area (Å²) < 4.78 is 2.04. The van der Waals surface area contributed by atoms with Crippen LogP contribution >= 0.6 is 0 Å². The van der Waals surface area contributed by atoms with Crippen molar-refractivity contribution in [2.75, 3.05) is 5.32 Å². The van der Waals surface area contributed by atoms with E-state index >= 15 is 0 Å². The summed E-state index contributed by atoms with van der Waals surface area (Å²) in [4.78, 5) is 16.0. The number of carbonyl (C=O) groups is 1. The first-order valence-electron chi connectivity index (χ1n) is 7.49. The Morgan fingerprint density at radius 3 is 2.74 bits per heavy atom. The summed E-state index contributed by atoms with van der Waals surface area (Å²) in [6.07, 6.45) is 1.98. The Hall–Kier alpha value is -2.82. The lowest BCUT2D eigenvalue weighted by molar-refractivity contribution is 0.0695. The van der Waals surface area contributed by atoms with Crippen molar-refractivity contribution in [2.24, 2.45) is 0 Å². The van der Waals surface area contributed by atoms with Gasteiger partial charge in [0, 0.05) is 18.4 Å². The Labute approximate surface area is 134 Å². The molecule has 1 aromatic carbocycles. The van der Waals surface area contributed by atoms with E-state index in [2.05, 4.69) is 10.3 Å². The van der Waals surface area contributed by atoms with Gasteiger partial charge in [-0.25, -0.2) is 9.78 Å². The van der Waals surface area contributed by atoms with Gasteiger partial charge in [0.05, 0.1) is 16.9 Å². The highest BCUT2D eigenvalue weighted by Crippen LogP contribution is 2.22. The van der Waals surface area contributed by atoms with Crippen LogP contribution in [0.25, 0.3) is 5.65 Å². The van der Waals surface area contributed by atoms with E-state index in [0.717, 1.165) is 33.8 Å². The molecule has 5 nitrogen and oxygen atoms in total. The number of carboxylic acids is 1. The maximum Gasteiger partial charge on any atom is 0.336 e. The third-order valence-electron chi connectivity index (χ3n) is 4.22. The van der Waals surface area contributed by atoms with Gasteiger partial charge in [0.25, 0.3) is 0 Å². The number of hydrogen-bond acceptors (Lipinski definition) is 3. The van der Waals surface area contributed by atoms with E-state index < -0.39 is 5.97 Å². The van der Waals surface area contributed by atoms with Crippen LogP contribution in [0.3, 0.4) is 0 Å². The van der Waals surface area contributed by atoms with Gasteiger partial charge in [-0.1, -0.05) is 12.1 Å². The number of fused-ring (bicyclic) bond motifs is 1. The van der Waals surface area contributed by atoms with Crippen LogP contribution in [-0.4, -0.2) is 20.5 Å². The fraction of sp³-hybridized carbons (Fsp3) is 0.222. The third kappa shape index (κ3) is 2.65. The van der Waals surface area contributed by atoms with Crippen LogP contribution in [0.4, 0.5) is 5.69 Å². The Morgan fingerprint density at radius 1 is 1.22 bits per heavy atom. The smallest absolute Gasteiger partial charge is 0.336 e. The van der Waals surface area contributed by atoms with Gasteiger partial charge in [-0.2, -0.15) is 0 Å². The lowest BCUT2D eigenvalue weighted by Crippen LogP contribution is -2.09. The van der Waals surface area contributed by atoms with Crippen molar-refractivity contribution in [1.82, 2.24) is 9.38 Å². The van der Waals surface area contributed by atoms with Gasteiger partial charge in [0.1, 0.15) is 0 Å². The molecule has 0 fully saturated rings. The van der Waals surface area contributed by atoms with Crippen molar-refractivity contribution in [2.45, 2.75) is 27.3 Å². The average molecular weight is 309 g/mol. The van der Waals surface area contributed by atoms with E-state index in [9.17, 15) is 9.90 Å². The molecule has 2 heterocycles. The van der Waals surface area contributed by atoms with Crippen molar-refractivity contribution < 1.29 is 9.90 Å². The number of nitrogens with zero attached hydrogens (tertiary/aromatic N) is 2. The molecule has 0 atom stereocenters. The van der Waals surface area contributed by atoms with Gasteiger partial charge in [-0.3, -0.25) is 0 Å². The molecule has 0 aliphatic rings. The molecule has 23 heavy (non-hydrogen) atoms. The SMILES string of the molecule is Cc1cccc(C(=O)O)c1CNc1cccn2c(C)c(C)nc12. The molecule has 2 N–H and O–H groups in total. The summed E-state index contributed by atoms with van der Waals surface area (Å²) in [5.41, 5.74) is 5.92. The number of pyridine rings is 1. The first-order valence-corrected chi connectivity index (χ1v) is 7.49. The predicted octanol–water partition coefficient (Wildman–Crippen LogP) is 3.57. The summed E-state index contributed by atoms with van der Waals surface area (Å²) in [6.45, 7) is 6.38. The number of anilines is 1. The van der Waals surface area contributed by atoms with E-state index in [0.29, 0.717) is 12.1 Å². The fourth-order valence-corrected chi connectivity index (χ4v) is 2.76. The monoisotopic (exact) mass is 309 g/mol. The fourth-order valence-electron chi connectivity index (χ4n) is 2.76. The van der Waals surface area contributed by atoms with Crippen LogP contribution in [-0.2, 0) is 6.54 Å². The molecule has 3 rings (SSSR count). The number of aromatic carboxylic acids is 1. The molecule has 0 amide bonds. The molecule has 0 radical (unpaired) electrons. The van der Waals surface area contributed by atoms with Gasteiger partial charge >= 0.3 is 5.97 Å². The second kappa shape index (κ2) is 5.76. The number of aromatic nitrogens is 2. The number of nitrogens with one attached hydrogen (secondary N) is 1. The molecule has 0 aliphatic carbocycles. The molecule has 0 aliphatic heterocycles. The second-order valence-corrected chi connectivity index (χ2v) is 5.66. The molecule has 0 bridgehead atoms. The molecule has 3 aromatic rings. The molecular formula is C18H19N3O2. The minimum absolute atomic E-state index is 0.333. The van der Waals surface area contributed by atoms with Crippen molar-refractivity contribution in [3.63, 3.8) is 0 Å². The van der Waals surface area contributed by atoms with Crippen LogP contribution < -0.4 is 5.32 Å². The number of benzene rings is 1. The van der Waals surface area contributed by atoms with E-state index in [1.165, 1.54) is 0 Å². The van der Waals surface area contributed by atoms with Gasteiger partial charge in [0.2, 0.25) is 0 Å². The number of hydrogen-bond donors (Lipinski definition) is 2. The molecular weight excluding hydrogens is 290 g/mol. The standard InChI is InChI=1S/C18H19N3O2/c1-11-6-4-7-14(18(22)23)15(11)10-19-16-8-5-9-21-13(3)12(2)20-17(16)21/h4-9,19H,10H2,1-3H3,(H,22,23). The number of imidazole rings is 1. The lowest BCUT2D eigenvalue weighted by atomic mass is 10.0. The molecule has 0 saturated carbocycles. The lowest BCUT2D eigenvalue weighted by Gasteiger charge is -2.12. The van der Waals surface area contributed by atoms with Gasteiger partial charge in [-0.15, -0.1) is 0 Å². The van der Waals surface area contributed by atoms with Crippen LogP contribution in [0.15, 0.2) is 36.5 Å². The van der Waals surface area contributed by atoms with Crippen molar-refractivity contribution in [3.05, 3.63) is 64.6 Å². The van der Waals surface area contributed by atoms with Gasteiger partial charge in [0.15, 0.2) is 5.65 Å². The molecule has 118 valence electrons. The van der Waals surface area contributed by atoms with Crippen molar-refractivity contribution in [3.8, 4) is 0 Å². The number of carboxylic acid groups (broad SMARTS) is 1. The molecule has 0 spiro atoms. The van der Waals surface area contributed by atoms with Crippen LogP contribution in [0.2, 0.25) is 0 Å². The average Bonchev–Trinajstić information content (AvgIpc) is 2.81. The van der Waals surface area contributed by atoms with Crippen molar-refractivity contribution >= 4 is 17.3 Å². The topological polar surface area (TPSA) is 66.6 Å². The zero-order valence-corrected chi connectivity index (χ0v) is 13.4. The first-order chi connectivity index (χ1) is 11.0. The Balaban J connectivity index is 1.96. The third-order valence-corrected chi connectivity index (χ3v) is 4.22. The van der Waals surface area contributed by atoms with Crippen LogP contribution in [0.1, 0.15) is 32.9 Å². The van der Waals surface area contributed by atoms with E-state index in [1.54, 1.807) is 12.1 Å². The van der Waals surface area contributed by atoms with E-state index in [1.807, 2.05) is 49.6 Å². The number of aryl methyl sites for hydroxylation is 3. The van der Waals surface area contributed by atoms with Gasteiger partial charge in [-0.05, 0) is 50.1 Å². The Morgan fingerprint density at radius 2 is 2.00 bits per heavy atom. The van der Waals surface area contributed by atoms with E-state index in [4.69, 9.17) is 0 Å². The first kappa shape index (κ1) is 15.1. The quantitative estimate of drug-likeness (QED) is 0.773. The zero-order valence-electron chi connectivity index (χ0n) is 13.4. The summed E-state index contributed by atoms with van der Waals surface area (Å²) in [5.74, 6) is -0.906. The summed E-state index contributed by atoms with van der Waals surface area (Å²) in [7, 11) is 0.